The van der Waals surface area contributed by atoms with Gasteiger partial charge in [-0.2, -0.15) is 0 Å². The van der Waals surface area contributed by atoms with Crippen molar-refractivity contribution < 1.29 is 0 Å². The summed E-state index contributed by atoms with van der Waals surface area (Å²) >= 11 is 3.42. The summed E-state index contributed by atoms with van der Waals surface area (Å²) in [7, 11) is 0. The maximum Gasteiger partial charge on any atom is 0.0835 e. The second-order valence-corrected chi connectivity index (χ2v) is 5.70. The van der Waals surface area contributed by atoms with Crippen molar-refractivity contribution in [1.82, 2.24) is 15.0 Å². The fourth-order valence-corrected chi connectivity index (χ4v) is 2.65. The Bertz CT molecular complexity index is 690. The van der Waals surface area contributed by atoms with Crippen molar-refractivity contribution in [1.29, 1.82) is 0 Å². The second kappa shape index (κ2) is 6.68. The largest absolute Gasteiger partial charge is 0.248 e. The van der Waals surface area contributed by atoms with Crippen molar-refractivity contribution in [3.8, 4) is 11.1 Å². The molecule has 0 aliphatic rings. The quantitative estimate of drug-likeness (QED) is 0.658. The standard InChI is InChI=1S/C17H16BrN3/c18-11-10-17-13-21(20-19-17)12-14-6-8-16(9-7-14)15-4-2-1-3-5-15/h1-9,13H,10-12H2. The zero-order chi connectivity index (χ0) is 14.5. The van der Waals surface area contributed by atoms with Gasteiger partial charge in [0, 0.05) is 17.9 Å². The molecule has 0 aliphatic carbocycles. The van der Waals surface area contributed by atoms with Gasteiger partial charge in [0.1, 0.15) is 0 Å². The topological polar surface area (TPSA) is 30.7 Å². The molecule has 106 valence electrons. The Kier molecular flexibility index (Phi) is 4.46. The molecule has 3 aromatic rings. The Morgan fingerprint density at radius 1 is 0.905 bits per heavy atom. The third-order valence-electron chi connectivity index (χ3n) is 3.34. The highest BCUT2D eigenvalue weighted by atomic mass is 79.9. The maximum absolute atomic E-state index is 4.16. The van der Waals surface area contributed by atoms with Gasteiger partial charge < -0.3 is 0 Å². The molecule has 0 aliphatic heterocycles. The van der Waals surface area contributed by atoms with Crippen LogP contribution in [0.15, 0.2) is 60.8 Å². The van der Waals surface area contributed by atoms with Gasteiger partial charge in [-0.3, -0.25) is 0 Å². The van der Waals surface area contributed by atoms with Crippen LogP contribution in [0.25, 0.3) is 11.1 Å². The zero-order valence-corrected chi connectivity index (χ0v) is 13.2. The normalized spacial score (nSPS) is 10.7. The van der Waals surface area contributed by atoms with E-state index < -0.39 is 0 Å². The van der Waals surface area contributed by atoms with Crippen molar-refractivity contribution >= 4 is 15.9 Å². The lowest BCUT2D eigenvalue weighted by molar-refractivity contribution is 0.649. The zero-order valence-electron chi connectivity index (χ0n) is 11.6. The smallest absolute Gasteiger partial charge is 0.0835 e. The Balaban J connectivity index is 1.72. The maximum atomic E-state index is 4.16. The molecule has 0 saturated carbocycles. The van der Waals surface area contributed by atoms with E-state index >= 15 is 0 Å². The summed E-state index contributed by atoms with van der Waals surface area (Å²) in [6, 6.07) is 19.0. The van der Waals surface area contributed by atoms with E-state index in [1.54, 1.807) is 0 Å². The fourth-order valence-electron chi connectivity index (χ4n) is 2.25. The van der Waals surface area contributed by atoms with Crippen LogP contribution in [0.4, 0.5) is 0 Å². The molecule has 0 fully saturated rings. The first-order valence-electron chi connectivity index (χ1n) is 6.94. The lowest BCUT2D eigenvalue weighted by Gasteiger charge is -2.04. The number of aromatic nitrogens is 3. The van der Waals surface area contributed by atoms with Gasteiger partial charge in [0.2, 0.25) is 0 Å². The lowest BCUT2D eigenvalue weighted by Crippen LogP contribution is -2.00. The van der Waals surface area contributed by atoms with Gasteiger partial charge in [0.05, 0.1) is 12.2 Å². The molecule has 3 rings (SSSR count). The predicted molar refractivity (Wildman–Crippen MR) is 88.5 cm³/mol. The summed E-state index contributed by atoms with van der Waals surface area (Å²) in [6.07, 6.45) is 2.92. The van der Waals surface area contributed by atoms with Crippen LogP contribution in [0.5, 0.6) is 0 Å². The molecule has 1 heterocycles. The first-order valence-corrected chi connectivity index (χ1v) is 8.06. The Hall–Kier alpha value is -1.94. The number of hydrogen-bond donors (Lipinski definition) is 0. The first kappa shape index (κ1) is 14.0. The number of rotatable bonds is 5. The number of nitrogens with zero attached hydrogens (tertiary/aromatic N) is 3. The van der Waals surface area contributed by atoms with Crippen LogP contribution in [-0.4, -0.2) is 20.3 Å². The second-order valence-electron chi connectivity index (χ2n) is 4.91. The monoisotopic (exact) mass is 341 g/mol. The molecule has 21 heavy (non-hydrogen) atoms. The molecule has 0 N–H and O–H groups in total. The third kappa shape index (κ3) is 3.58. The Morgan fingerprint density at radius 3 is 2.33 bits per heavy atom. The molecule has 0 unspecified atom stereocenters. The first-order chi connectivity index (χ1) is 10.3. The lowest BCUT2D eigenvalue weighted by atomic mass is 10.0. The molecule has 3 nitrogen and oxygen atoms in total. The van der Waals surface area contributed by atoms with Gasteiger partial charge in [-0.15, -0.1) is 5.10 Å². The number of halogens is 1. The van der Waals surface area contributed by atoms with E-state index in [9.17, 15) is 0 Å². The van der Waals surface area contributed by atoms with Gasteiger partial charge in [0.25, 0.3) is 0 Å². The molecule has 0 bridgehead atoms. The van der Waals surface area contributed by atoms with Crippen LogP contribution in [0.2, 0.25) is 0 Å². The summed E-state index contributed by atoms with van der Waals surface area (Å²) in [5.74, 6) is 0. The molecule has 0 amide bonds. The molecular formula is C17H16BrN3. The van der Waals surface area contributed by atoms with Crippen molar-refractivity contribution in [2.75, 3.05) is 5.33 Å². The van der Waals surface area contributed by atoms with Crippen LogP contribution >= 0.6 is 15.9 Å². The van der Waals surface area contributed by atoms with E-state index in [2.05, 4.69) is 74.8 Å². The summed E-state index contributed by atoms with van der Waals surface area (Å²) in [5.41, 5.74) is 4.72. The summed E-state index contributed by atoms with van der Waals surface area (Å²) in [5, 5.41) is 9.22. The minimum Gasteiger partial charge on any atom is -0.248 e. The molecule has 2 aromatic carbocycles. The number of benzene rings is 2. The molecule has 0 saturated heterocycles. The number of alkyl halides is 1. The minimum absolute atomic E-state index is 0.754. The summed E-state index contributed by atoms with van der Waals surface area (Å²) in [4.78, 5) is 0. The van der Waals surface area contributed by atoms with Crippen molar-refractivity contribution in [3.63, 3.8) is 0 Å². The predicted octanol–water partition coefficient (Wildman–Crippen LogP) is 3.93. The van der Waals surface area contributed by atoms with Crippen molar-refractivity contribution in [2.24, 2.45) is 0 Å². The van der Waals surface area contributed by atoms with Crippen molar-refractivity contribution in [3.05, 3.63) is 72.1 Å². The van der Waals surface area contributed by atoms with Crippen LogP contribution in [0.3, 0.4) is 0 Å². The molecule has 1 aromatic heterocycles. The van der Waals surface area contributed by atoms with Crippen LogP contribution < -0.4 is 0 Å². The minimum atomic E-state index is 0.754. The highest BCUT2D eigenvalue weighted by Gasteiger charge is 2.02. The molecule has 0 radical (unpaired) electrons. The van der Waals surface area contributed by atoms with Crippen LogP contribution in [0.1, 0.15) is 11.3 Å². The number of aryl methyl sites for hydroxylation is 1. The van der Waals surface area contributed by atoms with Gasteiger partial charge in [0.15, 0.2) is 0 Å². The van der Waals surface area contributed by atoms with E-state index in [-0.39, 0.29) is 0 Å². The Labute approximate surface area is 132 Å². The highest BCUT2D eigenvalue weighted by Crippen LogP contribution is 2.19. The average molecular weight is 342 g/mol. The molecule has 0 atom stereocenters. The third-order valence-corrected chi connectivity index (χ3v) is 3.74. The van der Waals surface area contributed by atoms with Crippen LogP contribution in [0, 0.1) is 0 Å². The van der Waals surface area contributed by atoms with Gasteiger partial charge in [-0.25, -0.2) is 4.68 Å². The Morgan fingerprint density at radius 2 is 1.62 bits per heavy atom. The van der Waals surface area contributed by atoms with E-state index in [1.807, 2.05) is 16.9 Å². The van der Waals surface area contributed by atoms with E-state index in [0.29, 0.717) is 0 Å². The highest BCUT2D eigenvalue weighted by molar-refractivity contribution is 9.09. The summed E-state index contributed by atoms with van der Waals surface area (Å²) in [6.45, 7) is 0.754. The molecular weight excluding hydrogens is 326 g/mol. The van der Waals surface area contributed by atoms with Crippen LogP contribution in [-0.2, 0) is 13.0 Å². The summed E-state index contributed by atoms with van der Waals surface area (Å²) < 4.78 is 1.88. The number of hydrogen-bond acceptors (Lipinski definition) is 2. The SMILES string of the molecule is BrCCc1cn(Cc2ccc(-c3ccccc3)cc2)nn1. The van der Waals surface area contributed by atoms with E-state index in [1.165, 1.54) is 16.7 Å². The van der Waals surface area contributed by atoms with Gasteiger partial charge in [-0.1, -0.05) is 75.7 Å². The van der Waals surface area contributed by atoms with Gasteiger partial charge >= 0.3 is 0 Å². The van der Waals surface area contributed by atoms with E-state index in [0.717, 1.165) is 24.0 Å². The fraction of sp³-hybridized carbons (Fsp3) is 0.176. The van der Waals surface area contributed by atoms with E-state index in [4.69, 9.17) is 0 Å². The van der Waals surface area contributed by atoms with Gasteiger partial charge in [-0.05, 0) is 16.7 Å². The average Bonchev–Trinajstić information content (AvgIpc) is 2.97. The molecule has 0 spiro atoms. The molecule has 4 heteroatoms. The van der Waals surface area contributed by atoms with Crippen molar-refractivity contribution in [2.45, 2.75) is 13.0 Å².